The van der Waals surface area contributed by atoms with Crippen LogP contribution in [-0.2, 0) is 11.2 Å². The van der Waals surface area contributed by atoms with Crippen molar-refractivity contribution < 1.29 is 14.3 Å². The Labute approximate surface area is 155 Å². The van der Waals surface area contributed by atoms with Crippen LogP contribution in [-0.4, -0.2) is 17.6 Å². The summed E-state index contributed by atoms with van der Waals surface area (Å²) in [7, 11) is 0. The van der Waals surface area contributed by atoms with Gasteiger partial charge in [0, 0.05) is 5.38 Å². The number of hydrogen-bond acceptors (Lipinski definition) is 5. The molecule has 0 radical (unpaired) electrons. The van der Waals surface area contributed by atoms with Gasteiger partial charge in [0.05, 0.1) is 29.3 Å². The van der Waals surface area contributed by atoms with Crippen LogP contribution in [0.3, 0.4) is 0 Å². The zero-order chi connectivity index (χ0) is 17.6. The molecule has 0 spiro atoms. The number of hydrogen-bond donors (Lipinski definition) is 0. The van der Waals surface area contributed by atoms with E-state index in [1.807, 2.05) is 36.6 Å². The summed E-state index contributed by atoms with van der Waals surface area (Å²) in [6.45, 7) is 2.52. The summed E-state index contributed by atoms with van der Waals surface area (Å²) in [5.41, 5.74) is 1.57. The smallest absolute Gasteiger partial charge is 0.317 e. The molecule has 0 atom stereocenters. The molecule has 3 rings (SSSR count). The number of aromatic nitrogens is 1. The second-order valence-electron chi connectivity index (χ2n) is 5.15. The van der Waals surface area contributed by atoms with Crippen molar-refractivity contribution in [1.29, 1.82) is 0 Å². The number of rotatable bonds is 6. The van der Waals surface area contributed by atoms with Crippen molar-refractivity contribution in [1.82, 2.24) is 4.98 Å². The van der Waals surface area contributed by atoms with Gasteiger partial charge in [0.2, 0.25) is 0 Å². The lowest BCUT2D eigenvalue weighted by molar-refractivity contribution is -0.133. The summed E-state index contributed by atoms with van der Waals surface area (Å²) in [6.07, 6.45) is 0.0819. The van der Waals surface area contributed by atoms with Crippen molar-refractivity contribution in [3.63, 3.8) is 0 Å². The molecule has 0 aliphatic carbocycles. The molecule has 4 nitrogen and oxygen atoms in total. The minimum atomic E-state index is -0.400. The van der Waals surface area contributed by atoms with Crippen LogP contribution in [0.15, 0.2) is 53.9 Å². The fourth-order valence-electron chi connectivity index (χ4n) is 2.27. The minimum absolute atomic E-state index is 0.0819. The maximum atomic E-state index is 12.1. The van der Waals surface area contributed by atoms with Crippen molar-refractivity contribution in [2.75, 3.05) is 6.61 Å². The van der Waals surface area contributed by atoms with E-state index in [1.54, 1.807) is 24.3 Å². The maximum absolute atomic E-state index is 12.1. The predicted molar refractivity (Wildman–Crippen MR) is 99.5 cm³/mol. The number of benzene rings is 2. The SMILES string of the molecule is CCOc1ccccc1-c1nc(CC(=O)Oc2ccccc2Cl)cs1. The van der Waals surface area contributed by atoms with E-state index in [0.717, 1.165) is 16.3 Å². The van der Waals surface area contributed by atoms with Crippen molar-refractivity contribution >= 4 is 28.9 Å². The van der Waals surface area contributed by atoms with Crippen LogP contribution in [0.2, 0.25) is 5.02 Å². The Morgan fingerprint density at radius 2 is 1.84 bits per heavy atom. The molecule has 0 N–H and O–H groups in total. The first-order valence-electron chi connectivity index (χ1n) is 7.79. The third-order valence-corrected chi connectivity index (χ3v) is 4.59. The van der Waals surface area contributed by atoms with E-state index in [0.29, 0.717) is 23.1 Å². The number of esters is 1. The van der Waals surface area contributed by atoms with Gasteiger partial charge in [0.25, 0.3) is 0 Å². The number of halogens is 1. The van der Waals surface area contributed by atoms with E-state index in [9.17, 15) is 4.79 Å². The van der Waals surface area contributed by atoms with Crippen LogP contribution in [0.1, 0.15) is 12.6 Å². The Morgan fingerprint density at radius 3 is 2.60 bits per heavy atom. The van der Waals surface area contributed by atoms with Gasteiger partial charge in [0.15, 0.2) is 0 Å². The fourth-order valence-corrected chi connectivity index (χ4v) is 3.29. The van der Waals surface area contributed by atoms with Crippen LogP contribution < -0.4 is 9.47 Å². The monoisotopic (exact) mass is 373 g/mol. The molecule has 6 heteroatoms. The van der Waals surface area contributed by atoms with Gasteiger partial charge >= 0.3 is 5.97 Å². The van der Waals surface area contributed by atoms with Crippen LogP contribution in [0.5, 0.6) is 11.5 Å². The highest BCUT2D eigenvalue weighted by atomic mass is 35.5. The number of carbonyl (C=O) groups is 1. The van der Waals surface area contributed by atoms with Gasteiger partial charge in [-0.25, -0.2) is 4.98 Å². The molecule has 0 fully saturated rings. The second-order valence-corrected chi connectivity index (χ2v) is 6.42. The highest BCUT2D eigenvalue weighted by Gasteiger charge is 2.14. The van der Waals surface area contributed by atoms with E-state index in [4.69, 9.17) is 21.1 Å². The molecule has 1 heterocycles. The molecule has 0 unspecified atom stereocenters. The minimum Gasteiger partial charge on any atom is -0.493 e. The average Bonchev–Trinajstić information content (AvgIpc) is 3.06. The normalized spacial score (nSPS) is 10.5. The first-order valence-corrected chi connectivity index (χ1v) is 9.05. The number of nitrogens with zero attached hydrogens (tertiary/aromatic N) is 1. The quantitative estimate of drug-likeness (QED) is 0.450. The Bertz CT molecular complexity index is 878. The van der Waals surface area contributed by atoms with Gasteiger partial charge < -0.3 is 9.47 Å². The zero-order valence-electron chi connectivity index (χ0n) is 13.6. The summed E-state index contributed by atoms with van der Waals surface area (Å²) < 4.78 is 10.9. The molecule has 0 saturated heterocycles. The number of para-hydroxylation sites is 2. The molecule has 1 aromatic heterocycles. The molecular formula is C19H16ClNO3S. The molecule has 0 amide bonds. The number of thiazole rings is 1. The molecule has 3 aromatic rings. The summed E-state index contributed by atoms with van der Waals surface area (Å²) >= 11 is 7.47. The van der Waals surface area contributed by atoms with E-state index in [-0.39, 0.29) is 6.42 Å². The highest BCUT2D eigenvalue weighted by Crippen LogP contribution is 2.32. The number of ether oxygens (including phenoxy) is 2. The lowest BCUT2D eigenvalue weighted by atomic mass is 10.2. The summed E-state index contributed by atoms with van der Waals surface area (Å²) in [5, 5.41) is 3.07. The molecule has 0 bridgehead atoms. The molecule has 25 heavy (non-hydrogen) atoms. The number of carbonyl (C=O) groups excluding carboxylic acids is 1. The third-order valence-electron chi connectivity index (χ3n) is 3.35. The molecule has 0 aliphatic heterocycles. The topological polar surface area (TPSA) is 48.4 Å². The maximum Gasteiger partial charge on any atom is 0.317 e. The Hall–Kier alpha value is -2.37. The second kappa shape index (κ2) is 8.14. The van der Waals surface area contributed by atoms with Gasteiger partial charge in [0.1, 0.15) is 16.5 Å². The van der Waals surface area contributed by atoms with Crippen molar-refractivity contribution in [2.24, 2.45) is 0 Å². The Balaban J connectivity index is 1.72. The zero-order valence-corrected chi connectivity index (χ0v) is 15.1. The first kappa shape index (κ1) is 17.5. The van der Waals surface area contributed by atoms with E-state index in [2.05, 4.69) is 4.98 Å². The fraction of sp³-hybridized carbons (Fsp3) is 0.158. The summed E-state index contributed by atoms with van der Waals surface area (Å²) in [6, 6.07) is 14.6. The molecule has 2 aromatic carbocycles. The van der Waals surface area contributed by atoms with Crippen molar-refractivity contribution in [3.8, 4) is 22.1 Å². The van der Waals surface area contributed by atoms with Crippen LogP contribution in [0.25, 0.3) is 10.6 Å². The average molecular weight is 374 g/mol. The summed E-state index contributed by atoms with van der Waals surface area (Å²) in [4.78, 5) is 16.6. The third kappa shape index (κ3) is 4.38. The standard InChI is InChI=1S/C19H16ClNO3S/c1-2-23-16-9-5-3-7-14(16)19-21-13(12-25-19)11-18(22)24-17-10-6-4-8-15(17)20/h3-10,12H,2,11H2,1H3. The lowest BCUT2D eigenvalue weighted by Crippen LogP contribution is -2.11. The molecular weight excluding hydrogens is 358 g/mol. The Kier molecular flexibility index (Phi) is 5.68. The first-order chi connectivity index (χ1) is 12.2. The van der Waals surface area contributed by atoms with Gasteiger partial charge in [-0.2, -0.15) is 0 Å². The largest absolute Gasteiger partial charge is 0.493 e. The highest BCUT2D eigenvalue weighted by molar-refractivity contribution is 7.13. The molecule has 0 aliphatic rings. The van der Waals surface area contributed by atoms with E-state index in [1.165, 1.54) is 11.3 Å². The molecule has 0 saturated carbocycles. The lowest BCUT2D eigenvalue weighted by Gasteiger charge is -2.07. The summed E-state index contributed by atoms with van der Waals surface area (Å²) in [5.74, 6) is 0.735. The van der Waals surface area contributed by atoms with Gasteiger partial charge in [-0.15, -0.1) is 11.3 Å². The van der Waals surface area contributed by atoms with Crippen LogP contribution in [0, 0.1) is 0 Å². The van der Waals surface area contributed by atoms with Gasteiger partial charge in [-0.3, -0.25) is 4.79 Å². The van der Waals surface area contributed by atoms with E-state index < -0.39 is 5.97 Å². The predicted octanol–water partition coefficient (Wildman–Crippen LogP) is 5.01. The van der Waals surface area contributed by atoms with Crippen LogP contribution in [0.4, 0.5) is 0 Å². The van der Waals surface area contributed by atoms with E-state index >= 15 is 0 Å². The van der Waals surface area contributed by atoms with Gasteiger partial charge in [-0.1, -0.05) is 35.9 Å². The Morgan fingerprint density at radius 1 is 1.12 bits per heavy atom. The van der Waals surface area contributed by atoms with Gasteiger partial charge in [-0.05, 0) is 31.2 Å². The molecule has 128 valence electrons. The van der Waals surface area contributed by atoms with Crippen molar-refractivity contribution in [2.45, 2.75) is 13.3 Å². The van der Waals surface area contributed by atoms with Crippen molar-refractivity contribution in [3.05, 3.63) is 64.6 Å². The van der Waals surface area contributed by atoms with Crippen LogP contribution >= 0.6 is 22.9 Å².